The Kier molecular flexibility index (Phi) is 8.24. The van der Waals surface area contributed by atoms with Gasteiger partial charge in [0.15, 0.2) is 0 Å². The highest BCUT2D eigenvalue weighted by atomic mass is 32.2. The number of hydrogen-bond acceptors (Lipinski definition) is 6. The van der Waals surface area contributed by atoms with Crippen molar-refractivity contribution in [3.8, 4) is 0 Å². The normalized spacial score (nSPS) is 18.6. The van der Waals surface area contributed by atoms with Gasteiger partial charge >= 0.3 is 0 Å². The Morgan fingerprint density at radius 3 is 2.47 bits per heavy atom. The fourth-order valence-electron chi connectivity index (χ4n) is 4.37. The van der Waals surface area contributed by atoms with Crippen LogP contribution in [0.25, 0.3) is 10.9 Å². The van der Waals surface area contributed by atoms with Gasteiger partial charge in [0.1, 0.15) is 5.82 Å². The van der Waals surface area contributed by atoms with Crippen molar-refractivity contribution in [3.05, 3.63) is 60.2 Å². The Balaban J connectivity index is 1.17. The van der Waals surface area contributed by atoms with Gasteiger partial charge in [-0.3, -0.25) is 0 Å². The number of benzene rings is 2. The molecule has 32 heavy (non-hydrogen) atoms. The SMILES string of the molecule is CN(C)c1nc(NC2CCC(CNCCSCc3ccccc3)CC2)nc2ccccc12. The Morgan fingerprint density at radius 2 is 1.69 bits per heavy atom. The third-order valence-electron chi connectivity index (χ3n) is 6.15. The van der Waals surface area contributed by atoms with E-state index in [2.05, 4.69) is 58.0 Å². The minimum atomic E-state index is 0.462. The first-order chi connectivity index (χ1) is 15.7. The maximum atomic E-state index is 4.80. The molecule has 0 unspecified atom stereocenters. The number of para-hydroxylation sites is 1. The highest BCUT2D eigenvalue weighted by Crippen LogP contribution is 2.28. The van der Waals surface area contributed by atoms with Crippen LogP contribution in [0.15, 0.2) is 54.6 Å². The number of anilines is 2. The standard InChI is InChI=1S/C26H35N5S/c1-31(2)25-23-10-6-7-11-24(23)29-26(30-25)28-22-14-12-20(13-15-22)18-27-16-17-32-19-21-8-4-3-5-9-21/h3-11,20,22,27H,12-19H2,1-2H3,(H,28,29,30). The van der Waals surface area contributed by atoms with Crippen molar-refractivity contribution in [1.29, 1.82) is 0 Å². The van der Waals surface area contributed by atoms with E-state index in [1.807, 2.05) is 38.0 Å². The maximum Gasteiger partial charge on any atom is 0.225 e. The number of nitrogens with zero attached hydrogens (tertiary/aromatic N) is 3. The number of fused-ring (bicyclic) bond motifs is 1. The van der Waals surface area contributed by atoms with Crippen molar-refractivity contribution >= 4 is 34.4 Å². The molecule has 1 fully saturated rings. The number of thioether (sulfide) groups is 1. The average Bonchev–Trinajstić information content (AvgIpc) is 2.82. The van der Waals surface area contributed by atoms with E-state index in [0.29, 0.717) is 6.04 Å². The molecule has 170 valence electrons. The van der Waals surface area contributed by atoms with E-state index in [1.54, 1.807) is 0 Å². The average molecular weight is 450 g/mol. The molecule has 2 N–H and O–H groups in total. The van der Waals surface area contributed by atoms with Crippen LogP contribution in [0.3, 0.4) is 0 Å². The van der Waals surface area contributed by atoms with E-state index in [9.17, 15) is 0 Å². The van der Waals surface area contributed by atoms with Gasteiger partial charge < -0.3 is 15.5 Å². The summed E-state index contributed by atoms with van der Waals surface area (Å²) in [4.78, 5) is 11.6. The van der Waals surface area contributed by atoms with Gasteiger partial charge in [0, 0.05) is 43.6 Å². The molecule has 0 saturated heterocycles. The van der Waals surface area contributed by atoms with E-state index in [1.165, 1.54) is 37.0 Å². The molecule has 2 aromatic carbocycles. The molecule has 0 aliphatic heterocycles. The second kappa shape index (κ2) is 11.5. The lowest BCUT2D eigenvalue weighted by molar-refractivity contribution is 0.326. The summed E-state index contributed by atoms with van der Waals surface area (Å²) >= 11 is 2.01. The van der Waals surface area contributed by atoms with E-state index in [0.717, 1.165) is 47.4 Å². The summed E-state index contributed by atoms with van der Waals surface area (Å²) in [5.41, 5.74) is 2.41. The van der Waals surface area contributed by atoms with Gasteiger partial charge in [-0.15, -0.1) is 0 Å². The summed E-state index contributed by atoms with van der Waals surface area (Å²) in [6.45, 7) is 2.23. The van der Waals surface area contributed by atoms with Crippen LogP contribution in [0.4, 0.5) is 11.8 Å². The van der Waals surface area contributed by atoms with Crippen molar-refractivity contribution in [2.45, 2.75) is 37.5 Å². The third-order valence-corrected chi connectivity index (χ3v) is 7.18. The molecule has 0 radical (unpaired) electrons. The van der Waals surface area contributed by atoms with Crippen LogP contribution >= 0.6 is 11.8 Å². The van der Waals surface area contributed by atoms with Gasteiger partial charge in [-0.2, -0.15) is 16.7 Å². The van der Waals surface area contributed by atoms with Crippen LogP contribution in [0.5, 0.6) is 0 Å². The first kappa shape index (κ1) is 22.9. The van der Waals surface area contributed by atoms with Crippen LogP contribution in [0.1, 0.15) is 31.2 Å². The summed E-state index contributed by atoms with van der Waals surface area (Å²) < 4.78 is 0. The third kappa shape index (κ3) is 6.36. The van der Waals surface area contributed by atoms with Gasteiger partial charge in [0.25, 0.3) is 0 Å². The molecule has 0 bridgehead atoms. The summed E-state index contributed by atoms with van der Waals surface area (Å²) in [6.07, 6.45) is 4.89. The zero-order chi connectivity index (χ0) is 22.2. The van der Waals surface area contributed by atoms with E-state index >= 15 is 0 Å². The first-order valence-electron chi connectivity index (χ1n) is 11.7. The molecule has 4 rings (SSSR count). The highest BCUT2D eigenvalue weighted by molar-refractivity contribution is 7.98. The lowest BCUT2D eigenvalue weighted by atomic mass is 9.86. The zero-order valence-electron chi connectivity index (χ0n) is 19.3. The van der Waals surface area contributed by atoms with Gasteiger partial charge in [0.05, 0.1) is 5.52 Å². The molecule has 0 amide bonds. The fraction of sp³-hybridized carbons (Fsp3) is 0.462. The number of rotatable bonds is 10. The zero-order valence-corrected chi connectivity index (χ0v) is 20.1. The van der Waals surface area contributed by atoms with Gasteiger partial charge in [-0.25, -0.2) is 4.98 Å². The summed E-state index contributed by atoms with van der Waals surface area (Å²) in [6, 6.07) is 19.4. The van der Waals surface area contributed by atoms with E-state index in [4.69, 9.17) is 9.97 Å². The monoisotopic (exact) mass is 449 g/mol. The Labute approximate surface area is 196 Å². The van der Waals surface area contributed by atoms with Crippen molar-refractivity contribution in [2.24, 2.45) is 5.92 Å². The molecule has 1 aliphatic rings. The van der Waals surface area contributed by atoms with Crippen LogP contribution in [0, 0.1) is 5.92 Å². The minimum Gasteiger partial charge on any atom is -0.362 e. The topological polar surface area (TPSA) is 53.1 Å². The smallest absolute Gasteiger partial charge is 0.225 e. The predicted molar refractivity (Wildman–Crippen MR) is 139 cm³/mol. The van der Waals surface area contributed by atoms with E-state index < -0.39 is 0 Å². The maximum absolute atomic E-state index is 4.80. The molecule has 1 aromatic heterocycles. The fourth-order valence-corrected chi connectivity index (χ4v) is 5.23. The molecule has 5 nitrogen and oxygen atoms in total. The molecule has 1 saturated carbocycles. The lowest BCUT2D eigenvalue weighted by Crippen LogP contribution is -2.32. The predicted octanol–water partition coefficient (Wildman–Crippen LogP) is 5.19. The van der Waals surface area contributed by atoms with Crippen molar-refractivity contribution in [1.82, 2.24) is 15.3 Å². The van der Waals surface area contributed by atoms with Crippen LogP contribution < -0.4 is 15.5 Å². The lowest BCUT2D eigenvalue weighted by Gasteiger charge is -2.29. The highest BCUT2D eigenvalue weighted by Gasteiger charge is 2.22. The van der Waals surface area contributed by atoms with Gasteiger partial charge in [-0.1, -0.05) is 42.5 Å². The molecule has 0 spiro atoms. The molecule has 1 heterocycles. The second-order valence-corrected chi connectivity index (χ2v) is 9.99. The molecule has 6 heteroatoms. The van der Waals surface area contributed by atoms with Gasteiger partial charge in [0.2, 0.25) is 5.95 Å². The summed E-state index contributed by atoms with van der Waals surface area (Å²) in [5, 5.41) is 8.39. The van der Waals surface area contributed by atoms with Crippen molar-refractivity contribution < 1.29 is 0 Å². The van der Waals surface area contributed by atoms with Crippen molar-refractivity contribution in [2.75, 3.05) is 43.2 Å². The first-order valence-corrected chi connectivity index (χ1v) is 12.9. The number of aromatic nitrogens is 2. The number of nitrogens with one attached hydrogen (secondary N) is 2. The van der Waals surface area contributed by atoms with Gasteiger partial charge in [-0.05, 0) is 55.8 Å². The van der Waals surface area contributed by atoms with Crippen molar-refractivity contribution in [3.63, 3.8) is 0 Å². The Bertz CT molecular complexity index is 970. The second-order valence-electron chi connectivity index (χ2n) is 8.89. The Hall–Kier alpha value is -2.31. The Morgan fingerprint density at radius 1 is 0.938 bits per heavy atom. The van der Waals surface area contributed by atoms with Crippen LogP contribution in [-0.4, -0.2) is 48.9 Å². The molecular weight excluding hydrogens is 414 g/mol. The summed E-state index contributed by atoms with van der Waals surface area (Å²) in [7, 11) is 4.08. The molecule has 0 atom stereocenters. The quantitative estimate of drug-likeness (QED) is 0.416. The summed E-state index contributed by atoms with van der Waals surface area (Å²) in [5.74, 6) is 4.78. The number of hydrogen-bond donors (Lipinski definition) is 2. The molecule has 3 aromatic rings. The largest absolute Gasteiger partial charge is 0.362 e. The minimum absolute atomic E-state index is 0.462. The van der Waals surface area contributed by atoms with E-state index in [-0.39, 0.29) is 0 Å². The molecular formula is C26H35N5S. The molecule has 1 aliphatic carbocycles. The van der Waals surface area contributed by atoms with Crippen LogP contribution in [-0.2, 0) is 5.75 Å². The van der Waals surface area contributed by atoms with Crippen LogP contribution in [0.2, 0.25) is 0 Å².